The van der Waals surface area contributed by atoms with Crippen LogP contribution in [0, 0.1) is 0 Å². The van der Waals surface area contributed by atoms with Crippen molar-refractivity contribution in [1.82, 2.24) is 48.2 Å². The van der Waals surface area contributed by atoms with Crippen molar-refractivity contribution in [2.75, 3.05) is 0 Å². The second-order valence-electron chi connectivity index (χ2n) is 33.4. The Morgan fingerprint density at radius 3 is 0.875 bits per heavy atom. The molecule has 4 aliphatic heterocycles. The van der Waals surface area contributed by atoms with Gasteiger partial charge in [0.05, 0.1) is 66.3 Å². The topological polar surface area (TPSA) is 97.1 Å². The molecule has 0 saturated carbocycles. The fourth-order valence-electron chi connectivity index (χ4n) is 21.6. The molecule has 10 nitrogen and oxygen atoms in total. The molecule has 128 heavy (non-hydrogen) atoms. The lowest BCUT2D eigenvalue weighted by Gasteiger charge is -2.45. The normalized spacial score (nSPS) is 14.9. The monoisotopic (exact) mass is 1670 g/mol. The molecule has 18 aromatic carbocycles. The zero-order valence-electron chi connectivity index (χ0n) is 68.7. The van der Waals surface area contributed by atoms with E-state index in [1.807, 2.05) is 121 Å². The highest BCUT2D eigenvalue weighted by molar-refractivity contribution is 8.00. The summed E-state index contributed by atoms with van der Waals surface area (Å²) in [6.45, 7) is 0. The van der Waals surface area contributed by atoms with Crippen LogP contribution in [0.2, 0.25) is 0 Å². The van der Waals surface area contributed by atoms with E-state index in [0.717, 1.165) is 55.8 Å². The van der Waals surface area contributed by atoms with Crippen LogP contribution in [0.25, 0.3) is 178 Å². The molecule has 2 spiro atoms. The largest absolute Gasteiger partial charge is 0.309 e. The molecule has 0 fully saturated rings. The van der Waals surface area contributed by atoms with Gasteiger partial charge in [0.15, 0.2) is 34.9 Å². The average molecular weight is 1670 g/mol. The van der Waals surface area contributed by atoms with Gasteiger partial charge < -0.3 is 18.3 Å². The third-order valence-corrected chi connectivity index (χ3v) is 29.2. The van der Waals surface area contributed by atoms with E-state index in [4.69, 9.17) is 29.9 Å². The maximum atomic E-state index is 5.14. The Labute approximate surface area is 744 Å². The summed E-state index contributed by atoms with van der Waals surface area (Å²) in [5, 5.41) is 9.98. The Balaban J connectivity index is 0.000000132. The van der Waals surface area contributed by atoms with Crippen molar-refractivity contribution in [3.8, 4) is 91.1 Å². The summed E-state index contributed by atoms with van der Waals surface area (Å²) in [7, 11) is 0. The number of fused-ring (bicyclic) bond motifs is 30. The number of rotatable bonds is 8. The Bertz CT molecular complexity index is 8660. The number of para-hydroxylation sites is 8. The summed E-state index contributed by atoms with van der Waals surface area (Å²) < 4.78 is 9.98. The van der Waals surface area contributed by atoms with E-state index in [2.05, 4.69) is 346 Å². The van der Waals surface area contributed by atoms with Crippen molar-refractivity contribution in [3.63, 3.8) is 0 Å². The van der Waals surface area contributed by atoms with Gasteiger partial charge in [-0.3, -0.25) is 0 Å². The maximum absolute atomic E-state index is 5.14. The highest BCUT2D eigenvalue weighted by Gasteiger charge is 2.52. The molecule has 596 valence electrons. The van der Waals surface area contributed by atoms with E-state index in [-0.39, 0.29) is 0 Å². The average Bonchev–Trinajstić information content (AvgIpc) is 1.36. The van der Waals surface area contributed by atoms with Crippen molar-refractivity contribution in [2.24, 2.45) is 0 Å². The summed E-state index contributed by atoms with van der Waals surface area (Å²) in [4.78, 5) is 35.3. The zero-order valence-corrected chi connectivity index (χ0v) is 70.3. The lowest BCUT2D eigenvalue weighted by molar-refractivity contribution is 0.691. The van der Waals surface area contributed by atoms with Crippen molar-refractivity contribution < 1.29 is 0 Å². The maximum Gasteiger partial charge on any atom is 0.164 e. The first-order valence-electron chi connectivity index (χ1n) is 43.4. The van der Waals surface area contributed by atoms with E-state index in [1.165, 1.54) is 152 Å². The van der Waals surface area contributed by atoms with Gasteiger partial charge in [0.1, 0.15) is 0 Å². The number of hydrogen-bond acceptors (Lipinski definition) is 8. The molecule has 10 heterocycles. The minimum atomic E-state index is -0.596. The first-order valence-corrected chi connectivity index (χ1v) is 45.0. The molecule has 0 aliphatic carbocycles. The van der Waals surface area contributed by atoms with Gasteiger partial charge in [0, 0.05) is 107 Å². The van der Waals surface area contributed by atoms with Crippen molar-refractivity contribution >= 4 is 111 Å². The van der Waals surface area contributed by atoms with E-state index in [9.17, 15) is 0 Å². The third-order valence-electron chi connectivity index (χ3n) is 26.8. The van der Waals surface area contributed by atoms with E-state index in [1.54, 1.807) is 0 Å². The molecular formula is C116H70N10S2. The van der Waals surface area contributed by atoms with Crippen LogP contribution in [0.5, 0.6) is 0 Å². The number of nitrogens with zero attached hydrogens (tertiary/aromatic N) is 10. The molecule has 4 aliphatic rings. The lowest BCUT2D eigenvalue weighted by atomic mass is 9.62. The number of benzene rings is 18. The van der Waals surface area contributed by atoms with E-state index in [0.29, 0.717) is 34.9 Å². The van der Waals surface area contributed by atoms with Crippen LogP contribution in [0.1, 0.15) is 44.5 Å². The van der Waals surface area contributed by atoms with Crippen LogP contribution >= 0.6 is 23.5 Å². The van der Waals surface area contributed by atoms with Gasteiger partial charge in [-0.2, -0.15) is 0 Å². The number of hydrogen-bond donors (Lipinski definition) is 0. The Kier molecular flexibility index (Phi) is 15.9. The molecule has 12 heteroatoms. The standard InChI is InChI=1S/2C58H35N5S/c1-3-17-36(18-4-1)55-59-56(37-19-5-2-6-20-37)61-57(60-55)38-21-15-22-39(35-38)62-48-29-11-7-24-41(48)43-33-34-47-54(53(43)62)64-51-32-14-10-27-45(51)58(47)44-26-9-13-31-50(44)63-49-30-12-8-23-40(49)42-25-16-28-46(58)52(42)63;1-3-16-36(17-4-1)55-59-56(37-18-5-2-6-19-37)61-57(60-55)38-30-32-39(33-31-38)62-48-26-11-7-21-41(48)43-34-35-47-54(53(43)62)64-51-29-14-10-24-45(51)58(47)44-23-9-13-28-50(44)63-49-27-12-8-20-40(49)42-22-15-25-46(58)52(42)63/h2*1-35H. The first-order chi connectivity index (χ1) is 63.5. The SMILES string of the molecule is c1ccc(-c2nc(-c3ccccc3)nc(-c3ccc(-n4c5ccccc5c5ccc6c(c54)Sc4ccccc4C64c5ccccc5-n5c6ccccc6c6cccc4c65)cc3)n2)cc1.c1ccc(-c2nc(-c3ccccc3)nc(-c3cccc(-n4c5ccccc5c5ccc6c(c54)Sc4ccccc4C64c5ccccc5-n5c6ccccc6c6cccc4c65)c3)n2)cc1. The smallest absolute Gasteiger partial charge is 0.164 e. The van der Waals surface area contributed by atoms with Crippen LogP contribution in [0.3, 0.4) is 0 Å². The molecule has 24 aromatic rings. The summed E-state index contributed by atoms with van der Waals surface area (Å²) in [6, 6.07) is 153. The molecule has 0 radical (unpaired) electrons. The summed E-state index contributed by atoms with van der Waals surface area (Å²) in [5.41, 5.74) is 29.1. The zero-order chi connectivity index (χ0) is 83.9. The molecule has 2 atom stereocenters. The molecule has 0 amide bonds. The minimum absolute atomic E-state index is 0.581. The molecule has 0 N–H and O–H groups in total. The predicted octanol–water partition coefficient (Wildman–Crippen LogP) is 28.5. The second-order valence-corrected chi connectivity index (χ2v) is 35.5. The highest BCUT2D eigenvalue weighted by Crippen LogP contribution is 2.65. The van der Waals surface area contributed by atoms with Gasteiger partial charge in [-0.1, -0.05) is 363 Å². The third kappa shape index (κ3) is 10.4. The first kappa shape index (κ1) is 72.4. The molecule has 0 bridgehead atoms. The van der Waals surface area contributed by atoms with Crippen LogP contribution in [-0.4, -0.2) is 48.2 Å². The van der Waals surface area contributed by atoms with Crippen LogP contribution < -0.4 is 0 Å². The van der Waals surface area contributed by atoms with Gasteiger partial charge >= 0.3 is 0 Å². The Morgan fingerprint density at radius 2 is 0.469 bits per heavy atom. The Hall–Kier alpha value is -16.1. The van der Waals surface area contributed by atoms with Crippen molar-refractivity contribution in [1.29, 1.82) is 0 Å². The fourth-order valence-corrected chi connectivity index (χ4v) is 24.3. The van der Waals surface area contributed by atoms with Gasteiger partial charge in [-0.25, -0.2) is 29.9 Å². The van der Waals surface area contributed by atoms with Crippen LogP contribution in [0.15, 0.2) is 444 Å². The van der Waals surface area contributed by atoms with E-state index >= 15 is 0 Å². The second kappa shape index (κ2) is 28.2. The van der Waals surface area contributed by atoms with E-state index < -0.39 is 10.8 Å². The van der Waals surface area contributed by atoms with Crippen molar-refractivity contribution in [2.45, 2.75) is 30.4 Å². The predicted molar refractivity (Wildman–Crippen MR) is 522 cm³/mol. The number of aromatic nitrogens is 10. The molecule has 28 rings (SSSR count). The Morgan fingerprint density at radius 1 is 0.180 bits per heavy atom. The van der Waals surface area contributed by atoms with Gasteiger partial charge in [-0.05, 0) is 129 Å². The quantitative estimate of drug-likeness (QED) is 0.148. The van der Waals surface area contributed by atoms with Crippen molar-refractivity contribution in [3.05, 3.63) is 469 Å². The summed E-state index contributed by atoms with van der Waals surface area (Å²) in [5.74, 6) is 3.84. The molecule has 6 aromatic heterocycles. The van der Waals surface area contributed by atoms with Crippen LogP contribution in [-0.2, 0) is 10.8 Å². The summed E-state index contributed by atoms with van der Waals surface area (Å²) >= 11 is 3.79. The molecular weight excluding hydrogens is 1600 g/mol. The lowest BCUT2D eigenvalue weighted by Crippen LogP contribution is -2.37. The fraction of sp³-hybridized carbons (Fsp3) is 0.0172. The molecule has 2 unspecified atom stereocenters. The minimum Gasteiger partial charge on any atom is -0.309 e. The highest BCUT2D eigenvalue weighted by atomic mass is 32.2. The summed E-state index contributed by atoms with van der Waals surface area (Å²) in [6.07, 6.45) is 0. The van der Waals surface area contributed by atoms with Gasteiger partial charge in [-0.15, -0.1) is 0 Å². The van der Waals surface area contributed by atoms with Gasteiger partial charge in [0.25, 0.3) is 0 Å². The van der Waals surface area contributed by atoms with Gasteiger partial charge in [0.2, 0.25) is 0 Å². The van der Waals surface area contributed by atoms with Crippen LogP contribution in [0.4, 0.5) is 0 Å². The molecule has 0 saturated heterocycles.